The van der Waals surface area contributed by atoms with Gasteiger partial charge in [0.25, 0.3) is 0 Å². The quantitative estimate of drug-likeness (QED) is 0.388. The zero-order valence-electron chi connectivity index (χ0n) is 12.6. The predicted molar refractivity (Wildman–Crippen MR) is 76.1 cm³/mol. The molecule has 22 heavy (non-hydrogen) atoms. The van der Waals surface area contributed by atoms with Gasteiger partial charge in [-0.25, -0.2) is 9.59 Å². The second-order valence-corrected chi connectivity index (χ2v) is 4.12. The molecule has 0 bridgehead atoms. The highest BCUT2D eigenvalue weighted by Gasteiger charge is 2.07. The molecule has 0 aliphatic heterocycles. The van der Waals surface area contributed by atoms with Gasteiger partial charge in [0.1, 0.15) is 13.2 Å². The van der Waals surface area contributed by atoms with Crippen molar-refractivity contribution in [2.75, 3.05) is 13.2 Å². The maximum absolute atomic E-state index is 10.9. The third-order valence-corrected chi connectivity index (χ3v) is 1.84. The molecule has 8 nitrogen and oxygen atoms in total. The van der Waals surface area contributed by atoms with E-state index in [4.69, 9.17) is 10.2 Å². The third-order valence-electron chi connectivity index (χ3n) is 1.84. The van der Waals surface area contributed by atoms with Crippen molar-refractivity contribution in [3.8, 4) is 0 Å². The number of carbonyl (C=O) groups is 4. The lowest BCUT2D eigenvalue weighted by Gasteiger charge is -2.05. The lowest BCUT2D eigenvalue weighted by Crippen LogP contribution is -2.14. The number of hydrogen-bond acceptors (Lipinski definition) is 6. The Morgan fingerprint density at radius 3 is 1.68 bits per heavy atom. The van der Waals surface area contributed by atoms with E-state index in [1.54, 1.807) is 0 Å². The van der Waals surface area contributed by atoms with Crippen LogP contribution in [0.3, 0.4) is 0 Å². The van der Waals surface area contributed by atoms with E-state index < -0.39 is 23.9 Å². The third kappa shape index (κ3) is 15.4. The molecule has 0 aliphatic carbocycles. The number of ether oxygens (including phenoxy) is 2. The van der Waals surface area contributed by atoms with E-state index >= 15 is 0 Å². The van der Waals surface area contributed by atoms with E-state index in [1.807, 2.05) is 0 Å². The van der Waals surface area contributed by atoms with Gasteiger partial charge in [0.05, 0.1) is 12.8 Å². The Balaban J connectivity index is 0. The van der Waals surface area contributed by atoms with Crippen LogP contribution in [0.15, 0.2) is 24.3 Å². The monoisotopic (exact) mass is 316 g/mol. The molecule has 0 aliphatic rings. The summed E-state index contributed by atoms with van der Waals surface area (Å²) in [5, 5.41) is 16.2. The summed E-state index contributed by atoms with van der Waals surface area (Å²) in [6, 6.07) is 0. The topological polar surface area (TPSA) is 127 Å². The zero-order valence-corrected chi connectivity index (χ0v) is 12.6. The van der Waals surface area contributed by atoms with Crippen molar-refractivity contribution in [3.63, 3.8) is 0 Å². The van der Waals surface area contributed by atoms with Crippen LogP contribution in [0.4, 0.5) is 0 Å². The Kier molecular flexibility index (Phi) is 11.9. The van der Waals surface area contributed by atoms with Crippen LogP contribution in [0.25, 0.3) is 0 Å². The molecule has 0 saturated carbocycles. The van der Waals surface area contributed by atoms with Crippen LogP contribution in [0.5, 0.6) is 0 Å². The highest BCUT2D eigenvalue weighted by atomic mass is 16.6. The van der Waals surface area contributed by atoms with Crippen LogP contribution in [-0.2, 0) is 28.7 Å². The zero-order chi connectivity index (χ0) is 17.7. The summed E-state index contributed by atoms with van der Waals surface area (Å²) < 4.78 is 9.26. The molecule has 8 heteroatoms. The molecule has 0 atom stereocenters. The fourth-order valence-corrected chi connectivity index (χ4v) is 0.694. The first-order valence-corrected chi connectivity index (χ1v) is 6.16. The number of hydrogen-bond donors (Lipinski definition) is 2. The fraction of sp³-hybridized carbons (Fsp3) is 0.429. The molecule has 0 aromatic rings. The minimum absolute atomic E-state index is 0.0650. The molecule has 2 N–H and O–H groups in total. The van der Waals surface area contributed by atoms with Crippen LogP contribution in [-0.4, -0.2) is 47.3 Å². The van der Waals surface area contributed by atoms with Crippen molar-refractivity contribution in [3.05, 3.63) is 24.3 Å². The van der Waals surface area contributed by atoms with Crippen molar-refractivity contribution in [1.82, 2.24) is 0 Å². The Morgan fingerprint density at radius 2 is 1.32 bits per heavy atom. The molecule has 124 valence electrons. The van der Waals surface area contributed by atoms with Crippen molar-refractivity contribution < 1.29 is 38.9 Å². The van der Waals surface area contributed by atoms with Crippen LogP contribution in [0.1, 0.15) is 26.7 Å². The Bertz CT molecular complexity index is 438. The summed E-state index contributed by atoms with van der Waals surface area (Å²) >= 11 is 0. The Labute approximate surface area is 128 Å². The first-order valence-electron chi connectivity index (χ1n) is 6.16. The van der Waals surface area contributed by atoms with Gasteiger partial charge in [-0.2, -0.15) is 0 Å². The molecule has 0 spiro atoms. The lowest BCUT2D eigenvalue weighted by molar-refractivity contribution is -0.151. The van der Waals surface area contributed by atoms with Gasteiger partial charge in [-0.3, -0.25) is 9.59 Å². The minimum atomic E-state index is -1.06. The molecule has 0 radical (unpaired) electrons. The number of aliphatic carboxylic acids is 2. The van der Waals surface area contributed by atoms with Gasteiger partial charge < -0.3 is 19.7 Å². The molecule has 0 amide bonds. The van der Waals surface area contributed by atoms with Crippen molar-refractivity contribution >= 4 is 23.9 Å². The first-order chi connectivity index (χ1) is 10.1. The summed E-state index contributed by atoms with van der Waals surface area (Å²) in [5.41, 5.74) is 0.437. The normalized spacial score (nSPS) is 8.82. The Hall–Kier alpha value is -2.64. The Morgan fingerprint density at radius 1 is 0.864 bits per heavy atom. The molecular weight excluding hydrogens is 296 g/mol. The highest BCUT2D eigenvalue weighted by molar-refractivity contribution is 5.87. The van der Waals surface area contributed by atoms with Crippen LogP contribution in [0, 0.1) is 0 Å². The van der Waals surface area contributed by atoms with Gasteiger partial charge in [0.2, 0.25) is 0 Å². The van der Waals surface area contributed by atoms with Gasteiger partial charge in [0.15, 0.2) is 0 Å². The van der Waals surface area contributed by atoms with Gasteiger partial charge in [-0.05, 0) is 13.8 Å². The second-order valence-electron chi connectivity index (χ2n) is 4.12. The van der Waals surface area contributed by atoms with Gasteiger partial charge in [-0.1, -0.05) is 13.2 Å². The average Bonchev–Trinajstić information content (AvgIpc) is 2.41. The molecule has 0 saturated heterocycles. The van der Waals surface area contributed by atoms with Crippen molar-refractivity contribution in [2.24, 2.45) is 0 Å². The van der Waals surface area contributed by atoms with Crippen molar-refractivity contribution in [1.29, 1.82) is 0 Å². The van der Waals surface area contributed by atoms with E-state index in [0.29, 0.717) is 0 Å². The highest BCUT2D eigenvalue weighted by Crippen LogP contribution is 1.95. The van der Waals surface area contributed by atoms with E-state index in [-0.39, 0.29) is 37.2 Å². The minimum Gasteiger partial charge on any atom is -0.481 e. The smallest absolute Gasteiger partial charge is 0.333 e. The summed E-state index contributed by atoms with van der Waals surface area (Å²) in [6.07, 6.45) is -0.464. The summed E-state index contributed by atoms with van der Waals surface area (Å²) in [4.78, 5) is 41.5. The standard InChI is InChI=1S/C10H14O6.C4H6O2/c1-7(2)10(14)16-6-5-15-9(13)4-3-8(11)12;1-3(2)4(5)6/h1,3-6H2,2H3,(H,11,12);1H2,2H3,(H,5,6). The fourth-order valence-electron chi connectivity index (χ4n) is 0.694. The van der Waals surface area contributed by atoms with Gasteiger partial charge in [0, 0.05) is 11.1 Å². The predicted octanol–water partition coefficient (Wildman–Crippen LogP) is 1.16. The van der Waals surface area contributed by atoms with E-state index in [9.17, 15) is 19.2 Å². The van der Waals surface area contributed by atoms with Crippen LogP contribution >= 0.6 is 0 Å². The first kappa shape index (κ1) is 21.7. The number of esters is 2. The molecule has 0 rings (SSSR count). The van der Waals surface area contributed by atoms with Crippen LogP contribution in [0.2, 0.25) is 0 Å². The van der Waals surface area contributed by atoms with E-state index in [2.05, 4.69) is 22.6 Å². The lowest BCUT2D eigenvalue weighted by atomic mass is 10.3. The largest absolute Gasteiger partial charge is 0.481 e. The van der Waals surface area contributed by atoms with Gasteiger partial charge in [-0.15, -0.1) is 0 Å². The molecule has 0 heterocycles. The maximum Gasteiger partial charge on any atom is 0.333 e. The maximum atomic E-state index is 10.9. The number of carboxylic acids is 2. The average molecular weight is 316 g/mol. The molecule has 0 fully saturated rings. The number of carboxylic acid groups (broad SMARTS) is 2. The SMILES string of the molecule is C=C(C)C(=O)O.C=C(C)C(=O)OCCOC(=O)CCC(=O)O. The second kappa shape index (κ2) is 12.1. The van der Waals surface area contributed by atoms with Crippen molar-refractivity contribution in [2.45, 2.75) is 26.7 Å². The molecular formula is C14H20O8. The summed E-state index contributed by atoms with van der Waals surface area (Å²) in [5.74, 6) is -3.18. The van der Waals surface area contributed by atoms with Crippen LogP contribution < -0.4 is 0 Å². The number of rotatable bonds is 8. The molecule has 0 aromatic heterocycles. The van der Waals surface area contributed by atoms with Gasteiger partial charge >= 0.3 is 23.9 Å². The van der Waals surface area contributed by atoms with E-state index in [0.717, 1.165) is 0 Å². The summed E-state index contributed by atoms with van der Waals surface area (Å²) in [6.45, 7) is 9.32. The molecule has 0 aromatic carbocycles. The number of carbonyl (C=O) groups excluding carboxylic acids is 2. The van der Waals surface area contributed by atoms with E-state index in [1.165, 1.54) is 13.8 Å². The molecule has 0 unspecified atom stereocenters. The summed E-state index contributed by atoms with van der Waals surface area (Å²) in [7, 11) is 0.